The van der Waals surface area contributed by atoms with Gasteiger partial charge in [0.05, 0.1) is 0 Å². The minimum absolute atomic E-state index is 0.0605. The van der Waals surface area contributed by atoms with Gasteiger partial charge in [-0.25, -0.2) is 28.8 Å². The first-order valence-corrected chi connectivity index (χ1v) is 39.0. The van der Waals surface area contributed by atoms with Gasteiger partial charge in [-0.2, -0.15) is 0 Å². The molecule has 0 unspecified atom stereocenters. The second-order valence-electron chi connectivity index (χ2n) is 34.6. The molecular weight excluding hydrogens is 1440 g/mol. The number of ether oxygens (including phenoxy) is 12. The summed E-state index contributed by atoms with van der Waals surface area (Å²) < 4.78 is 76.6. The maximum Gasteiger partial charge on any atom is 0.330 e. The fourth-order valence-electron chi connectivity index (χ4n) is 13.1. The Morgan fingerprint density at radius 3 is 0.412 bits per heavy atom. The summed E-state index contributed by atoms with van der Waals surface area (Å²) in [6, 6.07) is 26.0. The summed E-state index contributed by atoms with van der Waals surface area (Å²) in [6.45, 7) is 59.6. The zero-order chi connectivity index (χ0) is 84.3. The SMILES string of the molecule is C=CC(=O)OCCOc1c2cc(C(C)(C)C)cc1Cc1cc(C(C)(C)C)cc(c1OCCOC(=O)C=C)Cc1cc(C(C)(C)C)cc(c1OCCOC(=O)C=C)Cc1cc(C(C)(C)C)cc(c1OCCOC(=O)C=C)Cc1cc(C(C)(C)C)cc(c1OCCOC(=O)C=C)Cc1cc(C(C)(C)C)cc(c1OCCOC(=O)C=C)C2. The predicted molar refractivity (Wildman–Crippen MR) is 448 cm³/mol. The van der Waals surface area contributed by atoms with E-state index in [1.807, 2.05) is 0 Å². The summed E-state index contributed by atoms with van der Waals surface area (Å²) in [4.78, 5) is 76.9. The number of hydrogen-bond donors (Lipinski definition) is 0. The quantitative estimate of drug-likeness (QED) is 0.0177. The van der Waals surface area contributed by atoms with E-state index in [1.54, 1.807) is 0 Å². The molecule has 12 bridgehead atoms. The van der Waals surface area contributed by atoms with Gasteiger partial charge in [-0.1, -0.05) is 237 Å². The van der Waals surface area contributed by atoms with Crippen LogP contribution in [-0.4, -0.2) is 115 Å². The maximum absolute atomic E-state index is 12.8. The highest BCUT2D eigenvalue weighted by Gasteiger charge is 2.32. The second kappa shape index (κ2) is 39.4. The Labute approximate surface area is 676 Å². The zero-order valence-electron chi connectivity index (χ0n) is 70.7. The van der Waals surface area contributed by atoms with E-state index in [9.17, 15) is 28.8 Å². The molecule has 612 valence electrons. The Bertz CT molecular complexity index is 3660. The number of benzene rings is 6. The highest BCUT2D eigenvalue weighted by Crippen LogP contribution is 2.47. The molecule has 6 aromatic rings. The van der Waals surface area contributed by atoms with Crippen LogP contribution < -0.4 is 28.4 Å². The summed E-state index contributed by atoms with van der Waals surface area (Å²) in [6.07, 6.45) is 7.89. The lowest BCUT2D eigenvalue weighted by molar-refractivity contribution is -0.139. The molecular formula is C96H120O18. The molecule has 0 spiro atoms. The van der Waals surface area contributed by atoms with Crippen molar-refractivity contribution in [2.45, 2.75) is 196 Å². The van der Waals surface area contributed by atoms with Gasteiger partial charge in [0, 0.05) is 75.0 Å². The van der Waals surface area contributed by atoms with Gasteiger partial charge in [0.15, 0.2) is 0 Å². The lowest BCUT2D eigenvalue weighted by Gasteiger charge is -2.29. The first-order chi connectivity index (χ1) is 53.5. The summed E-state index contributed by atoms with van der Waals surface area (Å²) in [7, 11) is 0. The van der Waals surface area contributed by atoms with Gasteiger partial charge in [0.1, 0.15) is 114 Å². The molecule has 6 aromatic carbocycles. The number of esters is 6. The van der Waals surface area contributed by atoms with E-state index in [2.05, 4.69) is 237 Å². The Morgan fingerprint density at radius 2 is 0.325 bits per heavy atom. The maximum atomic E-state index is 12.8. The normalized spacial score (nSPS) is 12.6. The van der Waals surface area contributed by atoms with Crippen molar-refractivity contribution < 1.29 is 85.6 Å². The van der Waals surface area contributed by atoms with E-state index in [-0.39, 0.29) is 118 Å². The molecule has 0 atom stereocenters. The van der Waals surface area contributed by atoms with Crippen LogP contribution in [0, 0.1) is 0 Å². The van der Waals surface area contributed by atoms with Gasteiger partial charge < -0.3 is 56.8 Å². The third kappa shape index (κ3) is 25.7. The van der Waals surface area contributed by atoms with Crippen molar-refractivity contribution in [2.24, 2.45) is 0 Å². The molecule has 0 saturated carbocycles. The molecule has 18 heteroatoms. The van der Waals surface area contributed by atoms with Crippen LogP contribution in [0.5, 0.6) is 34.5 Å². The van der Waals surface area contributed by atoms with E-state index in [0.717, 1.165) is 137 Å². The van der Waals surface area contributed by atoms with Crippen molar-refractivity contribution in [3.8, 4) is 34.5 Å². The molecule has 0 radical (unpaired) electrons. The topological polar surface area (TPSA) is 213 Å². The number of carbonyl (C=O) groups is 6. The minimum Gasteiger partial charge on any atom is -0.489 e. The van der Waals surface area contributed by atoms with Crippen LogP contribution in [0.15, 0.2) is 149 Å². The van der Waals surface area contributed by atoms with E-state index >= 15 is 0 Å². The lowest BCUT2D eigenvalue weighted by atomic mass is 9.79. The molecule has 1 aliphatic carbocycles. The van der Waals surface area contributed by atoms with Gasteiger partial charge in [0.2, 0.25) is 0 Å². The molecule has 114 heavy (non-hydrogen) atoms. The molecule has 18 nitrogen and oxygen atoms in total. The molecule has 0 aromatic heterocycles. The number of hydrogen-bond acceptors (Lipinski definition) is 18. The fraction of sp³-hybridized carbons (Fsp3) is 0.438. The van der Waals surface area contributed by atoms with Crippen LogP contribution in [-0.2, 0) is 128 Å². The number of fused-ring (bicyclic) bond motifs is 12. The van der Waals surface area contributed by atoms with E-state index in [4.69, 9.17) is 56.8 Å². The molecule has 7 rings (SSSR count). The van der Waals surface area contributed by atoms with Gasteiger partial charge in [-0.3, -0.25) is 0 Å². The molecule has 0 amide bonds. The Balaban J connectivity index is 1.78. The van der Waals surface area contributed by atoms with Crippen LogP contribution in [0.25, 0.3) is 0 Å². The monoisotopic (exact) mass is 1560 g/mol. The molecule has 1 aliphatic rings. The lowest BCUT2D eigenvalue weighted by Crippen LogP contribution is -2.19. The highest BCUT2D eigenvalue weighted by molar-refractivity contribution is 5.83. The van der Waals surface area contributed by atoms with Crippen molar-refractivity contribution >= 4 is 35.8 Å². The highest BCUT2D eigenvalue weighted by atomic mass is 16.6. The number of carbonyl (C=O) groups excluding carboxylic acids is 6. The average molecular weight is 1560 g/mol. The van der Waals surface area contributed by atoms with Crippen LogP contribution >= 0.6 is 0 Å². The third-order valence-electron chi connectivity index (χ3n) is 19.4. The van der Waals surface area contributed by atoms with Gasteiger partial charge in [-0.05, 0) is 133 Å². The van der Waals surface area contributed by atoms with Gasteiger partial charge in [0.25, 0.3) is 0 Å². The first kappa shape index (κ1) is 90.6. The smallest absolute Gasteiger partial charge is 0.330 e. The van der Waals surface area contributed by atoms with Crippen LogP contribution in [0.2, 0.25) is 0 Å². The summed E-state index contributed by atoms with van der Waals surface area (Å²) >= 11 is 0. The third-order valence-corrected chi connectivity index (χ3v) is 19.4. The Hall–Kier alpha value is -10.6. The zero-order valence-corrected chi connectivity index (χ0v) is 70.7. The standard InChI is InChI=1S/C96H120O18/c1-25-79(97)103-31-37-109-85-61-43-63-51-74(92(10,11)12)53-65(86(63)110-38-32-104-80(98)26-2)45-67-55-76(94(16,17)18)57-69(88(67)112-40-34-106-82(100)28-4)47-71-59-78(96(22,23)24)60-72(90(71)114-42-36-108-84(102)30-6)48-70-58-77(95(19,20)21)56-68(89(70)113-41-35-107-83(101)29-5)46-66-54-75(93(13,14)15)52-64(87(66)111-39-33-105-81(99)27-3)44-62(85)50-73(49-61)91(7,8)9/h25-30,49-60H,1-6,31-48H2,7-24H3. The van der Waals surface area contributed by atoms with Crippen LogP contribution in [0.3, 0.4) is 0 Å². The average Bonchev–Trinajstić information content (AvgIpc) is 0.770. The van der Waals surface area contributed by atoms with E-state index in [1.165, 1.54) is 0 Å². The minimum atomic E-state index is -0.615. The fourth-order valence-corrected chi connectivity index (χ4v) is 13.1. The predicted octanol–water partition coefficient (Wildman–Crippen LogP) is 18.0. The Kier molecular flexibility index (Phi) is 31.3. The van der Waals surface area contributed by atoms with Crippen LogP contribution in [0.4, 0.5) is 0 Å². The van der Waals surface area contributed by atoms with Crippen molar-refractivity contribution in [1.29, 1.82) is 0 Å². The van der Waals surface area contributed by atoms with Crippen molar-refractivity contribution in [3.05, 3.63) is 249 Å². The van der Waals surface area contributed by atoms with E-state index < -0.39 is 68.3 Å². The molecule has 0 N–H and O–H groups in total. The molecule has 0 fully saturated rings. The van der Waals surface area contributed by atoms with Crippen molar-refractivity contribution in [1.82, 2.24) is 0 Å². The summed E-state index contributed by atoms with van der Waals surface area (Å²) in [5.41, 5.74) is 12.2. The summed E-state index contributed by atoms with van der Waals surface area (Å²) in [5, 5.41) is 0. The molecule has 0 heterocycles. The Morgan fingerprint density at radius 1 is 0.219 bits per heavy atom. The van der Waals surface area contributed by atoms with Crippen LogP contribution in [0.1, 0.15) is 225 Å². The molecule has 0 saturated heterocycles. The van der Waals surface area contributed by atoms with Crippen molar-refractivity contribution in [3.63, 3.8) is 0 Å². The first-order valence-electron chi connectivity index (χ1n) is 39.0. The van der Waals surface area contributed by atoms with Gasteiger partial charge >= 0.3 is 35.8 Å². The molecule has 0 aliphatic heterocycles. The summed E-state index contributed by atoms with van der Waals surface area (Å²) in [5.74, 6) is -0.611. The number of rotatable bonds is 30. The van der Waals surface area contributed by atoms with E-state index in [0.29, 0.717) is 34.5 Å². The second-order valence-corrected chi connectivity index (χ2v) is 34.6. The van der Waals surface area contributed by atoms with Gasteiger partial charge in [-0.15, -0.1) is 0 Å². The largest absolute Gasteiger partial charge is 0.489 e. The van der Waals surface area contributed by atoms with Crippen molar-refractivity contribution in [2.75, 3.05) is 79.3 Å².